The maximum atomic E-state index is 12.1. The minimum absolute atomic E-state index is 0.00293. The molecule has 0 N–H and O–H groups in total. The number of amides is 1. The molecule has 0 heterocycles. The molecule has 4 heteroatoms. The van der Waals surface area contributed by atoms with Gasteiger partial charge in [-0.2, -0.15) is 0 Å². The van der Waals surface area contributed by atoms with E-state index in [0.29, 0.717) is 18.7 Å². The lowest BCUT2D eigenvalue weighted by atomic mass is 10.1. The third-order valence-electron chi connectivity index (χ3n) is 2.59. The number of hydrogen-bond donors (Lipinski definition) is 0. The van der Waals surface area contributed by atoms with Gasteiger partial charge in [0.15, 0.2) is 0 Å². The fourth-order valence-electron chi connectivity index (χ4n) is 1.57. The lowest BCUT2D eigenvalue weighted by molar-refractivity contribution is -0.143. The minimum Gasteiger partial charge on any atom is -0.465 e. The molecular formula is C14H19NO3. The average Bonchev–Trinajstić information content (AvgIpc) is 2.36. The summed E-state index contributed by atoms with van der Waals surface area (Å²) in [5.74, 6) is -0.523. The van der Waals surface area contributed by atoms with Crippen LogP contribution < -0.4 is 0 Å². The zero-order valence-corrected chi connectivity index (χ0v) is 11.1. The molecule has 0 spiro atoms. The molecule has 0 bridgehead atoms. The van der Waals surface area contributed by atoms with Crippen LogP contribution in [0.3, 0.4) is 0 Å². The third kappa shape index (κ3) is 3.87. The first-order valence-electron chi connectivity index (χ1n) is 6.10. The second-order valence-electron chi connectivity index (χ2n) is 3.99. The third-order valence-corrected chi connectivity index (χ3v) is 2.59. The van der Waals surface area contributed by atoms with E-state index in [1.54, 1.807) is 19.1 Å². The Morgan fingerprint density at radius 1 is 1.17 bits per heavy atom. The predicted octanol–water partition coefficient (Wildman–Crippen LogP) is 2.02. The zero-order valence-electron chi connectivity index (χ0n) is 11.1. The summed E-state index contributed by atoms with van der Waals surface area (Å²) in [6, 6.07) is 7.30. The Hall–Kier alpha value is -1.84. The molecule has 18 heavy (non-hydrogen) atoms. The van der Waals surface area contributed by atoms with Crippen molar-refractivity contribution < 1.29 is 14.3 Å². The molecule has 0 saturated heterocycles. The molecule has 4 nitrogen and oxygen atoms in total. The predicted molar refractivity (Wildman–Crippen MR) is 69.4 cm³/mol. The number of ether oxygens (including phenoxy) is 1. The van der Waals surface area contributed by atoms with Gasteiger partial charge >= 0.3 is 5.97 Å². The maximum absolute atomic E-state index is 12.1. The van der Waals surface area contributed by atoms with Gasteiger partial charge in [-0.15, -0.1) is 0 Å². The van der Waals surface area contributed by atoms with Gasteiger partial charge in [0.1, 0.15) is 6.54 Å². The summed E-state index contributed by atoms with van der Waals surface area (Å²) in [7, 11) is 0. The van der Waals surface area contributed by atoms with Crippen molar-refractivity contribution in [3.05, 3.63) is 35.4 Å². The van der Waals surface area contributed by atoms with Gasteiger partial charge in [0.05, 0.1) is 6.61 Å². The highest BCUT2D eigenvalue weighted by molar-refractivity contribution is 5.96. The Bertz CT molecular complexity index is 412. The van der Waals surface area contributed by atoms with Crippen molar-refractivity contribution in [1.82, 2.24) is 4.90 Å². The SMILES string of the molecule is CCOC(=O)CN(CC)C(=O)c1ccc(C)cc1. The average molecular weight is 249 g/mol. The van der Waals surface area contributed by atoms with Crippen LogP contribution in [-0.4, -0.2) is 36.5 Å². The number of carbonyl (C=O) groups excluding carboxylic acids is 2. The van der Waals surface area contributed by atoms with Gasteiger partial charge in [-0.05, 0) is 32.9 Å². The van der Waals surface area contributed by atoms with Gasteiger partial charge in [0.25, 0.3) is 5.91 Å². The van der Waals surface area contributed by atoms with E-state index in [9.17, 15) is 9.59 Å². The molecular weight excluding hydrogens is 230 g/mol. The molecule has 0 aromatic heterocycles. The van der Waals surface area contributed by atoms with E-state index >= 15 is 0 Å². The molecule has 0 aliphatic rings. The summed E-state index contributed by atoms with van der Waals surface area (Å²) in [4.78, 5) is 25.0. The number of aryl methyl sites for hydroxylation is 1. The van der Waals surface area contributed by atoms with Gasteiger partial charge in [0, 0.05) is 12.1 Å². The highest BCUT2D eigenvalue weighted by Gasteiger charge is 2.17. The first kappa shape index (κ1) is 14.2. The number of benzene rings is 1. The number of esters is 1. The van der Waals surface area contributed by atoms with Gasteiger partial charge in [-0.1, -0.05) is 17.7 Å². The second kappa shape index (κ2) is 6.79. The van der Waals surface area contributed by atoms with E-state index in [1.165, 1.54) is 4.90 Å². The summed E-state index contributed by atoms with van der Waals surface area (Å²) < 4.78 is 4.85. The van der Waals surface area contributed by atoms with Crippen LogP contribution >= 0.6 is 0 Å². The summed E-state index contributed by atoms with van der Waals surface area (Å²) in [6.07, 6.45) is 0. The molecule has 0 saturated carbocycles. The first-order chi connectivity index (χ1) is 8.58. The number of nitrogens with zero attached hydrogens (tertiary/aromatic N) is 1. The van der Waals surface area contributed by atoms with Crippen LogP contribution in [0.1, 0.15) is 29.8 Å². The molecule has 0 aliphatic carbocycles. The Morgan fingerprint density at radius 2 is 1.78 bits per heavy atom. The number of hydrogen-bond acceptors (Lipinski definition) is 3. The van der Waals surface area contributed by atoms with Crippen molar-refractivity contribution in [2.24, 2.45) is 0 Å². The topological polar surface area (TPSA) is 46.6 Å². The number of likely N-dealkylation sites (N-methyl/N-ethyl adjacent to an activating group) is 1. The summed E-state index contributed by atoms with van der Waals surface area (Å²) in [6.45, 7) is 6.35. The van der Waals surface area contributed by atoms with Crippen LogP contribution in [0, 0.1) is 6.92 Å². The number of rotatable bonds is 5. The summed E-state index contributed by atoms with van der Waals surface area (Å²) >= 11 is 0. The summed E-state index contributed by atoms with van der Waals surface area (Å²) in [5, 5.41) is 0. The van der Waals surface area contributed by atoms with Crippen LogP contribution in [0.5, 0.6) is 0 Å². The van der Waals surface area contributed by atoms with Gasteiger partial charge in [0.2, 0.25) is 0 Å². The smallest absolute Gasteiger partial charge is 0.325 e. The number of carbonyl (C=O) groups is 2. The van der Waals surface area contributed by atoms with E-state index in [1.807, 2.05) is 26.0 Å². The lowest BCUT2D eigenvalue weighted by Crippen LogP contribution is -2.36. The van der Waals surface area contributed by atoms with E-state index in [2.05, 4.69) is 0 Å². The highest BCUT2D eigenvalue weighted by Crippen LogP contribution is 2.07. The van der Waals surface area contributed by atoms with Crippen molar-refractivity contribution in [2.75, 3.05) is 19.7 Å². The fraction of sp³-hybridized carbons (Fsp3) is 0.429. The Labute approximate surface area is 108 Å². The van der Waals surface area contributed by atoms with E-state index in [4.69, 9.17) is 4.74 Å². The second-order valence-corrected chi connectivity index (χ2v) is 3.99. The Morgan fingerprint density at radius 3 is 2.28 bits per heavy atom. The van der Waals surface area contributed by atoms with Crippen molar-refractivity contribution in [1.29, 1.82) is 0 Å². The maximum Gasteiger partial charge on any atom is 0.325 e. The highest BCUT2D eigenvalue weighted by atomic mass is 16.5. The van der Waals surface area contributed by atoms with Crippen molar-refractivity contribution in [3.63, 3.8) is 0 Å². The Kier molecular flexibility index (Phi) is 5.36. The monoisotopic (exact) mass is 249 g/mol. The molecule has 1 rings (SSSR count). The lowest BCUT2D eigenvalue weighted by Gasteiger charge is -2.19. The van der Waals surface area contributed by atoms with Crippen LogP contribution in [0.4, 0.5) is 0 Å². The van der Waals surface area contributed by atoms with Crippen LogP contribution in [0.2, 0.25) is 0 Å². The van der Waals surface area contributed by atoms with E-state index in [-0.39, 0.29) is 18.4 Å². The van der Waals surface area contributed by atoms with E-state index < -0.39 is 0 Å². The van der Waals surface area contributed by atoms with Crippen LogP contribution in [-0.2, 0) is 9.53 Å². The fourth-order valence-corrected chi connectivity index (χ4v) is 1.57. The molecule has 0 fully saturated rings. The molecule has 0 radical (unpaired) electrons. The largest absolute Gasteiger partial charge is 0.465 e. The van der Waals surface area contributed by atoms with E-state index in [0.717, 1.165) is 5.56 Å². The van der Waals surface area contributed by atoms with Gasteiger partial charge in [-0.25, -0.2) is 0 Å². The summed E-state index contributed by atoms with van der Waals surface area (Å²) in [5.41, 5.74) is 1.69. The first-order valence-corrected chi connectivity index (χ1v) is 6.10. The van der Waals surface area contributed by atoms with Gasteiger partial charge < -0.3 is 9.64 Å². The molecule has 0 unspecified atom stereocenters. The Balaban J connectivity index is 2.73. The molecule has 1 aromatic carbocycles. The van der Waals surface area contributed by atoms with Crippen LogP contribution in [0.25, 0.3) is 0 Å². The normalized spacial score (nSPS) is 9.94. The standard InChI is InChI=1S/C14H19NO3/c1-4-15(10-13(16)18-5-2)14(17)12-8-6-11(3)7-9-12/h6-9H,4-5,10H2,1-3H3. The molecule has 1 amide bonds. The van der Waals surface area contributed by atoms with Crippen molar-refractivity contribution in [3.8, 4) is 0 Å². The minimum atomic E-state index is -0.375. The molecule has 0 atom stereocenters. The zero-order chi connectivity index (χ0) is 13.5. The molecule has 0 aliphatic heterocycles. The molecule has 1 aromatic rings. The molecule has 98 valence electrons. The van der Waals surface area contributed by atoms with Crippen LogP contribution in [0.15, 0.2) is 24.3 Å². The van der Waals surface area contributed by atoms with Gasteiger partial charge in [-0.3, -0.25) is 9.59 Å². The van der Waals surface area contributed by atoms with Crippen molar-refractivity contribution >= 4 is 11.9 Å². The quantitative estimate of drug-likeness (QED) is 0.750. The van der Waals surface area contributed by atoms with Crippen molar-refractivity contribution in [2.45, 2.75) is 20.8 Å².